The largest absolute Gasteiger partial charge is 0.494 e. The van der Waals surface area contributed by atoms with Crippen LogP contribution in [0.3, 0.4) is 0 Å². The summed E-state index contributed by atoms with van der Waals surface area (Å²) in [5.74, 6) is -0.110. The van der Waals surface area contributed by atoms with Crippen LogP contribution >= 0.6 is 11.3 Å². The molecule has 0 aliphatic heterocycles. The Bertz CT molecular complexity index is 498. The molecule has 0 fully saturated rings. The number of rotatable bonds is 3. The summed E-state index contributed by atoms with van der Waals surface area (Å²) in [5.41, 5.74) is 0.803. The zero-order valence-corrected chi connectivity index (χ0v) is 9.77. The van der Waals surface area contributed by atoms with E-state index in [2.05, 4.69) is 10.3 Å². The van der Waals surface area contributed by atoms with Crippen LogP contribution in [0.15, 0.2) is 24.4 Å². The van der Waals surface area contributed by atoms with Crippen molar-refractivity contribution >= 4 is 16.5 Å². The number of halogens is 1. The fourth-order valence-electron chi connectivity index (χ4n) is 1.34. The van der Waals surface area contributed by atoms with Crippen molar-refractivity contribution in [2.75, 3.05) is 19.5 Å². The van der Waals surface area contributed by atoms with Crippen molar-refractivity contribution < 1.29 is 9.13 Å². The third-order valence-corrected chi connectivity index (χ3v) is 3.22. The average molecular weight is 238 g/mol. The molecule has 0 saturated heterocycles. The summed E-state index contributed by atoms with van der Waals surface area (Å²) < 4.78 is 18.3. The van der Waals surface area contributed by atoms with Gasteiger partial charge in [-0.3, -0.25) is 0 Å². The number of aromatic nitrogens is 1. The van der Waals surface area contributed by atoms with Crippen molar-refractivity contribution in [3.8, 4) is 16.2 Å². The van der Waals surface area contributed by atoms with Gasteiger partial charge in [0, 0.05) is 13.2 Å². The van der Waals surface area contributed by atoms with Crippen LogP contribution in [0.4, 0.5) is 9.52 Å². The van der Waals surface area contributed by atoms with Gasteiger partial charge in [0.2, 0.25) is 0 Å². The SMILES string of the molecule is CNc1ncc(-c2ccc(OC)c(F)c2)s1. The third-order valence-electron chi connectivity index (χ3n) is 2.16. The molecule has 1 N–H and O–H groups in total. The molecule has 2 rings (SSSR count). The van der Waals surface area contributed by atoms with Gasteiger partial charge < -0.3 is 10.1 Å². The van der Waals surface area contributed by atoms with Crippen LogP contribution in [0, 0.1) is 5.82 Å². The maximum absolute atomic E-state index is 13.5. The first-order chi connectivity index (χ1) is 7.74. The standard InChI is InChI=1S/C11H11FN2OS/c1-13-11-14-6-10(16-11)7-3-4-9(15-2)8(12)5-7/h3-6H,1-2H3,(H,13,14). The first-order valence-electron chi connectivity index (χ1n) is 4.72. The van der Waals surface area contributed by atoms with Crippen molar-refractivity contribution in [2.45, 2.75) is 0 Å². The van der Waals surface area contributed by atoms with Gasteiger partial charge in [-0.2, -0.15) is 0 Å². The number of nitrogens with zero attached hydrogens (tertiary/aromatic N) is 1. The van der Waals surface area contributed by atoms with Gasteiger partial charge in [-0.05, 0) is 23.8 Å². The predicted molar refractivity (Wildman–Crippen MR) is 63.6 cm³/mol. The average Bonchev–Trinajstić information content (AvgIpc) is 2.77. The van der Waals surface area contributed by atoms with Crippen LogP contribution < -0.4 is 10.1 Å². The Labute approximate surface area is 96.9 Å². The van der Waals surface area contributed by atoms with E-state index in [1.54, 1.807) is 19.3 Å². The molecule has 84 valence electrons. The Morgan fingerprint density at radius 1 is 1.44 bits per heavy atom. The summed E-state index contributed by atoms with van der Waals surface area (Å²) in [5, 5.41) is 3.75. The first kappa shape index (κ1) is 10.9. The van der Waals surface area contributed by atoms with E-state index in [9.17, 15) is 4.39 Å². The van der Waals surface area contributed by atoms with Crippen LogP contribution in [0.2, 0.25) is 0 Å². The molecule has 0 aliphatic rings. The Morgan fingerprint density at radius 3 is 2.81 bits per heavy atom. The molecule has 0 aliphatic carbocycles. The number of ether oxygens (including phenoxy) is 1. The minimum Gasteiger partial charge on any atom is -0.494 e. The molecule has 3 nitrogen and oxygen atoms in total. The summed E-state index contributed by atoms with van der Waals surface area (Å²) in [6.07, 6.45) is 1.72. The number of methoxy groups -OCH3 is 1. The van der Waals surface area contributed by atoms with E-state index in [0.29, 0.717) is 0 Å². The number of nitrogens with one attached hydrogen (secondary N) is 1. The Kier molecular flexibility index (Phi) is 3.05. The van der Waals surface area contributed by atoms with Crippen molar-refractivity contribution in [3.63, 3.8) is 0 Å². The molecule has 1 aromatic heterocycles. The second kappa shape index (κ2) is 4.49. The summed E-state index contributed by atoms with van der Waals surface area (Å²) >= 11 is 1.48. The van der Waals surface area contributed by atoms with E-state index in [1.807, 2.05) is 6.07 Å². The van der Waals surface area contributed by atoms with Crippen LogP contribution in [0.25, 0.3) is 10.4 Å². The quantitative estimate of drug-likeness (QED) is 0.892. The van der Waals surface area contributed by atoms with E-state index in [-0.39, 0.29) is 11.6 Å². The van der Waals surface area contributed by atoms with E-state index in [4.69, 9.17) is 4.74 Å². The van der Waals surface area contributed by atoms with Crippen molar-refractivity contribution in [1.82, 2.24) is 4.98 Å². The lowest BCUT2D eigenvalue weighted by atomic mass is 10.2. The summed E-state index contributed by atoms with van der Waals surface area (Å²) in [7, 11) is 3.25. The monoisotopic (exact) mass is 238 g/mol. The smallest absolute Gasteiger partial charge is 0.182 e. The van der Waals surface area contributed by atoms with E-state index in [0.717, 1.165) is 15.6 Å². The van der Waals surface area contributed by atoms with Gasteiger partial charge in [0.15, 0.2) is 16.7 Å². The Hall–Kier alpha value is -1.62. The maximum atomic E-state index is 13.5. The van der Waals surface area contributed by atoms with Crippen molar-refractivity contribution in [3.05, 3.63) is 30.2 Å². The lowest BCUT2D eigenvalue weighted by Gasteiger charge is -2.02. The highest BCUT2D eigenvalue weighted by molar-refractivity contribution is 7.18. The molecule has 0 amide bonds. The zero-order chi connectivity index (χ0) is 11.5. The first-order valence-corrected chi connectivity index (χ1v) is 5.53. The van der Waals surface area contributed by atoms with Gasteiger partial charge in [-0.25, -0.2) is 9.37 Å². The highest BCUT2D eigenvalue weighted by Gasteiger charge is 2.07. The minimum atomic E-state index is -0.362. The number of thiazole rings is 1. The topological polar surface area (TPSA) is 34.2 Å². The Balaban J connectivity index is 2.37. The van der Waals surface area contributed by atoms with E-state index >= 15 is 0 Å². The van der Waals surface area contributed by atoms with Gasteiger partial charge in [0.25, 0.3) is 0 Å². The summed E-state index contributed by atoms with van der Waals surface area (Å²) in [6, 6.07) is 4.88. The number of anilines is 1. The lowest BCUT2D eigenvalue weighted by molar-refractivity contribution is 0.386. The van der Waals surface area contributed by atoms with Gasteiger partial charge in [-0.15, -0.1) is 0 Å². The van der Waals surface area contributed by atoms with Crippen LogP contribution in [0.1, 0.15) is 0 Å². The molecule has 0 unspecified atom stereocenters. The second-order valence-corrected chi connectivity index (χ2v) is 4.16. The molecule has 0 bridgehead atoms. The van der Waals surface area contributed by atoms with Crippen molar-refractivity contribution in [2.24, 2.45) is 0 Å². The van der Waals surface area contributed by atoms with E-state index < -0.39 is 0 Å². The van der Waals surface area contributed by atoms with Crippen LogP contribution in [-0.2, 0) is 0 Å². The van der Waals surface area contributed by atoms with Gasteiger partial charge in [-0.1, -0.05) is 11.3 Å². The number of benzene rings is 1. The predicted octanol–water partition coefficient (Wildman–Crippen LogP) is 3.00. The molecule has 0 atom stereocenters. The molecule has 0 radical (unpaired) electrons. The maximum Gasteiger partial charge on any atom is 0.182 e. The summed E-state index contributed by atoms with van der Waals surface area (Å²) in [4.78, 5) is 5.06. The number of hydrogen-bond acceptors (Lipinski definition) is 4. The molecule has 0 saturated carbocycles. The van der Waals surface area contributed by atoms with Gasteiger partial charge in [0.05, 0.1) is 12.0 Å². The van der Waals surface area contributed by atoms with E-state index in [1.165, 1.54) is 24.5 Å². The molecule has 2 aromatic rings. The highest BCUT2D eigenvalue weighted by Crippen LogP contribution is 2.31. The molecule has 1 heterocycles. The molecule has 1 aromatic carbocycles. The van der Waals surface area contributed by atoms with Crippen LogP contribution in [-0.4, -0.2) is 19.1 Å². The van der Waals surface area contributed by atoms with Crippen LogP contribution in [0.5, 0.6) is 5.75 Å². The summed E-state index contributed by atoms with van der Waals surface area (Å²) in [6.45, 7) is 0. The number of hydrogen-bond donors (Lipinski definition) is 1. The molecule has 5 heteroatoms. The van der Waals surface area contributed by atoms with Gasteiger partial charge in [0.1, 0.15) is 0 Å². The second-order valence-electron chi connectivity index (χ2n) is 3.13. The van der Waals surface area contributed by atoms with Crippen molar-refractivity contribution in [1.29, 1.82) is 0 Å². The molecule has 16 heavy (non-hydrogen) atoms. The minimum absolute atomic E-state index is 0.252. The molecule has 0 spiro atoms. The highest BCUT2D eigenvalue weighted by atomic mass is 32.1. The lowest BCUT2D eigenvalue weighted by Crippen LogP contribution is -1.87. The Morgan fingerprint density at radius 2 is 2.25 bits per heavy atom. The molecular weight excluding hydrogens is 227 g/mol. The zero-order valence-electron chi connectivity index (χ0n) is 8.95. The molecular formula is C11H11FN2OS. The normalized spacial score (nSPS) is 10.2. The fourth-order valence-corrected chi connectivity index (χ4v) is 2.11. The van der Waals surface area contributed by atoms with Gasteiger partial charge >= 0.3 is 0 Å². The third kappa shape index (κ3) is 1.99. The fraction of sp³-hybridized carbons (Fsp3) is 0.182.